The Hall–Kier alpha value is -1.82. The Morgan fingerprint density at radius 1 is 1.50 bits per heavy atom. The SMILES string of the molecule is CCCC(C)(CO)NC(=O)NC(C)c1ccc(F)c(OC)c1. The zero-order valence-corrected chi connectivity index (χ0v) is 13.6. The third-order valence-electron chi connectivity index (χ3n) is 3.59. The topological polar surface area (TPSA) is 70.6 Å². The van der Waals surface area contributed by atoms with Gasteiger partial charge < -0.3 is 20.5 Å². The number of carbonyl (C=O) groups is 1. The maximum Gasteiger partial charge on any atom is 0.315 e. The number of urea groups is 1. The molecule has 0 fully saturated rings. The zero-order chi connectivity index (χ0) is 16.8. The van der Waals surface area contributed by atoms with Crippen LogP contribution >= 0.6 is 0 Å². The molecular formula is C16H25FN2O3. The monoisotopic (exact) mass is 312 g/mol. The quantitative estimate of drug-likeness (QED) is 0.725. The molecule has 2 atom stereocenters. The molecule has 6 heteroatoms. The van der Waals surface area contributed by atoms with Gasteiger partial charge in [-0.3, -0.25) is 0 Å². The molecule has 2 amide bonds. The van der Waals surface area contributed by atoms with Gasteiger partial charge in [-0.15, -0.1) is 0 Å². The minimum absolute atomic E-state index is 0.132. The summed E-state index contributed by atoms with van der Waals surface area (Å²) in [5.74, 6) is -0.309. The number of ether oxygens (including phenoxy) is 1. The molecule has 0 saturated carbocycles. The average molecular weight is 312 g/mol. The van der Waals surface area contributed by atoms with Gasteiger partial charge in [0.2, 0.25) is 0 Å². The number of amides is 2. The second kappa shape index (κ2) is 7.98. The van der Waals surface area contributed by atoms with Crippen LogP contribution < -0.4 is 15.4 Å². The van der Waals surface area contributed by atoms with Crippen LogP contribution in [0, 0.1) is 5.82 Å². The van der Waals surface area contributed by atoms with Gasteiger partial charge in [0.25, 0.3) is 0 Å². The van der Waals surface area contributed by atoms with Crippen molar-refractivity contribution in [1.82, 2.24) is 10.6 Å². The van der Waals surface area contributed by atoms with E-state index >= 15 is 0 Å². The molecule has 2 unspecified atom stereocenters. The molecule has 0 heterocycles. The smallest absolute Gasteiger partial charge is 0.315 e. The third kappa shape index (κ3) is 4.87. The summed E-state index contributed by atoms with van der Waals surface area (Å²) >= 11 is 0. The van der Waals surface area contributed by atoms with E-state index in [0.717, 1.165) is 12.0 Å². The Balaban J connectivity index is 2.71. The summed E-state index contributed by atoms with van der Waals surface area (Å²) in [4.78, 5) is 12.1. The average Bonchev–Trinajstić information content (AvgIpc) is 2.47. The van der Waals surface area contributed by atoms with Crippen LogP contribution in [0.2, 0.25) is 0 Å². The van der Waals surface area contributed by atoms with Gasteiger partial charge in [-0.25, -0.2) is 9.18 Å². The predicted molar refractivity (Wildman–Crippen MR) is 83.4 cm³/mol. The summed E-state index contributed by atoms with van der Waals surface area (Å²) < 4.78 is 18.3. The van der Waals surface area contributed by atoms with Crippen LogP contribution in [0.15, 0.2) is 18.2 Å². The van der Waals surface area contributed by atoms with Crippen molar-refractivity contribution >= 4 is 6.03 Å². The molecule has 1 aromatic rings. The maximum absolute atomic E-state index is 13.4. The van der Waals surface area contributed by atoms with E-state index in [1.54, 1.807) is 26.0 Å². The number of nitrogens with one attached hydrogen (secondary N) is 2. The van der Waals surface area contributed by atoms with Crippen LogP contribution in [0.1, 0.15) is 45.2 Å². The molecule has 124 valence electrons. The van der Waals surface area contributed by atoms with Gasteiger partial charge in [-0.2, -0.15) is 0 Å². The fraction of sp³-hybridized carbons (Fsp3) is 0.562. The Morgan fingerprint density at radius 2 is 2.18 bits per heavy atom. The highest BCUT2D eigenvalue weighted by atomic mass is 19.1. The number of aliphatic hydroxyl groups excluding tert-OH is 1. The van der Waals surface area contributed by atoms with E-state index in [9.17, 15) is 14.3 Å². The molecule has 1 rings (SSSR count). The minimum atomic E-state index is -0.654. The van der Waals surface area contributed by atoms with Crippen LogP contribution in [0.4, 0.5) is 9.18 Å². The van der Waals surface area contributed by atoms with Crippen LogP contribution in [0.3, 0.4) is 0 Å². The van der Waals surface area contributed by atoms with Crippen LogP contribution in [0.25, 0.3) is 0 Å². The molecular weight excluding hydrogens is 287 g/mol. The minimum Gasteiger partial charge on any atom is -0.494 e. The number of hydrogen-bond acceptors (Lipinski definition) is 3. The van der Waals surface area contributed by atoms with Gasteiger partial charge in [0, 0.05) is 0 Å². The van der Waals surface area contributed by atoms with Crippen LogP contribution in [0.5, 0.6) is 5.75 Å². The standard InChI is InChI=1S/C16H25FN2O3/c1-5-8-16(3,10-20)19-15(21)18-11(2)12-6-7-13(17)14(9-12)22-4/h6-7,9,11,20H,5,8,10H2,1-4H3,(H2,18,19,21). The molecule has 0 aromatic heterocycles. The van der Waals surface area contributed by atoms with E-state index in [1.165, 1.54) is 13.2 Å². The molecule has 0 spiro atoms. The van der Waals surface area contributed by atoms with E-state index < -0.39 is 11.4 Å². The number of halogens is 1. The molecule has 0 aliphatic rings. The third-order valence-corrected chi connectivity index (χ3v) is 3.59. The van der Waals surface area contributed by atoms with E-state index in [4.69, 9.17) is 4.74 Å². The number of methoxy groups -OCH3 is 1. The first-order valence-electron chi connectivity index (χ1n) is 7.38. The number of benzene rings is 1. The molecule has 5 nitrogen and oxygen atoms in total. The summed E-state index contributed by atoms with van der Waals surface area (Å²) in [5, 5.41) is 15.0. The molecule has 0 bridgehead atoms. The second-order valence-corrected chi connectivity index (χ2v) is 5.68. The molecule has 0 aliphatic heterocycles. The van der Waals surface area contributed by atoms with E-state index in [1.807, 2.05) is 6.92 Å². The van der Waals surface area contributed by atoms with E-state index in [-0.39, 0.29) is 24.4 Å². The van der Waals surface area contributed by atoms with Crippen molar-refractivity contribution < 1.29 is 19.0 Å². The normalized spacial score (nSPS) is 14.8. The van der Waals surface area contributed by atoms with E-state index in [2.05, 4.69) is 10.6 Å². The van der Waals surface area contributed by atoms with Crippen molar-refractivity contribution in [2.75, 3.05) is 13.7 Å². The van der Waals surface area contributed by atoms with Gasteiger partial charge in [-0.05, 0) is 38.0 Å². The van der Waals surface area contributed by atoms with Gasteiger partial charge in [-0.1, -0.05) is 19.4 Å². The Morgan fingerprint density at radius 3 is 2.73 bits per heavy atom. The van der Waals surface area contributed by atoms with Crippen molar-refractivity contribution in [2.24, 2.45) is 0 Å². The van der Waals surface area contributed by atoms with Crippen molar-refractivity contribution in [2.45, 2.75) is 45.2 Å². The second-order valence-electron chi connectivity index (χ2n) is 5.68. The Bertz CT molecular complexity index is 510. The predicted octanol–water partition coefficient (Wildman–Crippen LogP) is 2.75. The van der Waals surface area contributed by atoms with Gasteiger partial charge in [0.15, 0.2) is 11.6 Å². The molecule has 0 saturated heterocycles. The highest BCUT2D eigenvalue weighted by molar-refractivity contribution is 5.75. The number of aliphatic hydroxyl groups is 1. The Kier molecular flexibility index (Phi) is 6.61. The lowest BCUT2D eigenvalue weighted by Crippen LogP contribution is -2.52. The Labute approximate surface area is 130 Å². The molecule has 0 radical (unpaired) electrons. The zero-order valence-electron chi connectivity index (χ0n) is 13.6. The molecule has 22 heavy (non-hydrogen) atoms. The molecule has 1 aromatic carbocycles. The van der Waals surface area contributed by atoms with Crippen molar-refractivity contribution in [3.05, 3.63) is 29.6 Å². The van der Waals surface area contributed by atoms with Crippen LogP contribution in [-0.4, -0.2) is 30.4 Å². The lowest BCUT2D eigenvalue weighted by atomic mass is 9.97. The van der Waals surface area contributed by atoms with Gasteiger partial charge in [0.05, 0.1) is 25.3 Å². The van der Waals surface area contributed by atoms with Gasteiger partial charge >= 0.3 is 6.03 Å². The lowest BCUT2D eigenvalue weighted by Gasteiger charge is -2.29. The lowest BCUT2D eigenvalue weighted by molar-refractivity contribution is 0.162. The van der Waals surface area contributed by atoms with Crippen molar-refractivity contribution in [3.8, 4) is 5.75 Å². The number of carbonyl (C=O) groups excluding carboxylic acids is 1. The fourth-order valence-corrected chi connectivity index (χ4v) is 2.27. The maximum atomic E-state index is 13.4. The largest absolute Gasteiger partial charge is 0.494 e. The highest BCUT2D eigenvalue weighted by Crippen LogP contribution is 2.22. The summed E-state index contributed by atoms with van der Waals surface area (Å²) in [6.07, 6.45) is 1.53. The molecule has 0 aliphatic carbocycles. The number of hydrogen-bond donors (Lipinski definition) is 3. The van der Waals surface area contributed by atoms with Crippen molar-refractivity contribution in [1.29, 1.82) is 0 Å². The summed E-state index contributed by atoms with van der Waals surface area (Å²) in [7, 11) is 1.39. The first kappa shape index (κ1) is 18.2. The van der Waals surface area contributed by atoms with Gasteiger partial charge in [0.1, 0.15) is 0 Å². The first-order valence-corrected chi connectivity index (χ1v) is 7.38. The fourth-order valence-electron chi connectivity index (χ4n) is 2.27. The van der Waals surface area contributed by atoms with Crippen LogP contribution in [-0.2, 0) is 0 Å². The molecule has 3 N–H and O–H groups in total. The number of rotatable bonds is 7. The summed E-state index contributed by atoms with van der Waals surface area (Å²) in [6.45, 7) is 5.44. The van der Waals surface area contributed by atoms with E-state index in [0.29, 0.717) is 6.42 Å². The van der Waals surface area contributed by atoms with Crippen molar-refractivity contribution in [3.63, 3.8) is 0 Å². The highest BCUT2D eigenvalue weighted by Gasteiger charge is 2.25. The summed E-state index contributed by atoms with van der Waals surface area (Å²) in [6, 6.07) is 3.76. The first-order chi connectivity index (χ1) is 10.3. The summed E-state index contributed by atoms with van der Waals surface area (Å²) in [5.41, 5.74) is 0.0774.